The average molecular weight is 1070 g/mol. The topological polar surface area (TPSA) is 78.9 Å². The van der Waals surface area contributed by atoms with Gasteiger partial charge in [-0.3, -0.25) is 14.4 Å². The van der Waals surface area contributed by atoms with Crippen molar-refractivity contribution in [1.29, 1.82) is 0 Å². The first-order valence-electron chi connectivity index (χ1n) is 31.7. The average Bonchev–Trinajstić information content (AvgIpc) is 3.43. The van der Waals surface area contributed by atoms with Crippen molar-refractivity contribution in [2.45, 2.75) is 284 Å². The Morgan fingerprint density at radius 3 is 0.818 bits per heavy atom. The van der Waals surface area contributed by atoms with Crippen molar-refractivity contribution in [3.8, 4) is 0 Å². The second kappa shape index (κ2) is 64.1. The lowest BCUT2D eigenvalue weighted by Crippen LogP contribution is -2.30. The molecule has 0 aromatic heterocycles. The van der Waals surface area contributed by atoms with Crippen molar-refractivity contribution in [1.82, 2.24) is 0 Å². The number of rotatable bonds is 56. The Bertz CT molecular complexity index is 1650. The lowest BCUT2D eigenvalue weighted by Gasteiger charge is -2.18. The summed E-state index contributed by atoms with van der Waals surface area (Å²) < 4.78 is 16.9. The molecule has 0 spiro atoms. The van der Waals surface area contributed by atoms with Gasteiger partial charge in [-0.1, -0.05) is 257 Å². The lowest BCUT2D eigenvalue weighted by molar-refractivity contribution is -0.167. The van der Waals surface area contributed by atoms with Crippen molar-refractivity contribution in [2.75, 3.05) is 13.2 Å². The van der Waals surface area contributed by atoms with Crippen LogP contribution in [0.25, 0.3) is 0 Å². The van der Waals surface area contributed by atoms with Gasteiger partial charge in [0.05, 0.1) is 0 Å². The van der Waals surface area contributed by atoms with E-state index in [4.69, 9.17) is 14.2 Å². The van der Waals surface area contributed by atoms with Crippen LogP contribution in [0.15, 0.2) is 134 Å². The first kappa shape index (κ1) is 72.5. The van der Waals surface area contributed by atoms with Gasteiger partial charge in [-0.15, -0.1) is 0 Å². The molecule has 1 unspecified atom stereocenters. The molecule has 0 N–H and O–H groups in total. The number of hydrogen-bond acceptors (Lipinski definition) is 6. The zero-order chi connectivity index (χ0) is 55.7. The van der Waals surface area contributed by atoms with Gasteiger partial charge in [0.15, 0.2) is 6.10 Å². The van der Waals surface area contributed by atoms with E-state index in [1.54, 1.807) is 0 Å². The van der Waals surface area contributed by atoms with Crippen molar-refractivity contribution >= 4 is 17.9 Å². The molecule has 0 heterocycles. The summed E-state index contributed by atoms with van der Waals surface area (Å²) in [6.07, 6.45) is 90.2. The Kier molecular flexibility index (Phi) is 60.4. The summed E-state index contributed by atoms with van der Waals surface area (Å²) in [5, 5.41) is 0. The Labute approximate surface area is 475 Å². The summed E-state index contributed by atoms with van der Waals surface area (Å²) in [6, 6.07) is 0. The van der Waals surface area contributed by atoms with Crippen LogP contribution in [-0.2, 0) is 28.6 Å². The fourth-order valence-corrected chi connectivity index (χ4v) is 8.43. The van der Waals surface area contributed by atoms with Crippen LogP contribution in [-0.4, -0.2) is 37.2 Å². The molecule has 6 heteroatoms. The molecule has 77 heavy (non-hydrogen) atoms. The van der Waals surface area contributed by atoms with E-state index in [-0.39, 0.29) is 31.1 Å². The second-order valence-corrected chi connectivity index (χ2v) is 20.5. The van der Waals surface area contributed by atoms with Gasteiger partial charge < -0.3 is 14.2 Å². The van der Waals surface area contributed by atoms with Crippen LogP contribution in [0.2, 0.25) is 0 Å². The summed E-state index contributed by atoms with van der Waals surface area (Å²) in [4.78, 5) is 38.3. The normalized spacial score (nSPS) is 13.0. The van der Waals surface area contributed by atoms with Crippen LogP contribution in [0.3, 0.4) is 0 Å². The van der Waals surface area contributed by atoms with E-state index in [9.17, 15) is 14.4 Å². The predicted octanol–water partition coefficient (Wildman–Crippen LogP) is 21.8. The maximum Gasteiger partial charge on any atom is 0.306 e. The maximum absolute atomic E-state index is 12.9. The van der Waals surface area contributed by atoms with E-state index >= 15 is 0 Å². The molecule has 0 aliphatic carbocycles. The predicted molar refractivity (Wildman–Crippen MR) is 334 cm³/mol. The molecule has 6 nitrogen and oxygen atoms in total. The third kappa shape index (κ3) is 62.3. The molecule has 0 aliphatic heterocycles. The molecular weight excluding hydrogens is 949 g/mol. The van der Waals surface area contributed by atoms with Gasteiger partial charge in [-0.25, -0.2) is 0 Å². The fraction of sp³-hybridized carbons (Fsp3) is 0.648. The summed E-state index contributed by atoms with van der Waals surface area (Å²) in [5.74, 6) is -0.951. The van der Waals surface area contributed by atoms with E-state index in [1.165, 1.54) is 89.9 Å². The number of hydrogen-bond donors (Lipinski definition) is 0. The van der Waals surface area contributed by atoms with Crippen LogP contribution in [0.4, 0.5) is 0 Å². The van der Waals surface area contributed by atoms with Crippen molar-refractivity contribution in [3.05, 3.63) is 134 Å². The van der Waals surface area contributed by atoms with Crippen molar-refractivity contribution in [3.63, 3.8) is 0 Å². The zero-order valence-corrected chi connectivity index (χ0v) is 49.9. The van der Waals surface area contributed by atoms with E-state index in [0.29, 0.717) is 19.3 Å². The smallest absolute Gasteiger partial charge is 0.306 e. The SMILES string of the molecule is CC/C=C\C/C=C\C/C=C\C/C=C\C/C=C\C/C=C\C/C=C\CCCCCC(=O)OCC(COC(=O)CCCCCCC/C=C\C/C=C\C/C=C\CC)OC(=O)CCCCCCCCCCC/C=C\CCCCCCCC. The third-order valence-electron chi connectivity index (χ3n) is 13.1. The minimum absolute atomic E-state index is 0.102. The van der Waals surface area contributed by atoms with Gasteiger partial charge in [-0.05, 0) is 135 Å². The highest BCUT2D eigenvalue weighted by Crippen LogP contribution is 2.15. The van der Waals surface area contributed by atoms with Crippen molar-refractivity contribution < 1.29 is 28.6 Å². The molecule has 1 atom stereocenters. The van der Waals surface area contributed by atoms with Crippen LogP contribution in [0, 0.1) is 0 Å². The lowest BCUT2D eigenvalue weighted by atomic mass is 10.1. The first-order valence-corrected chi connectivity index (χ1v) is 31.7. The highest BCUT2D eigenvalue weighted by molar-refractivity contribution is 5.71. The van der Waals surface area contributed by atoms with Crippen molar-refractivity contribution in [2.24, 2.45) is 0 Å². The van der Waals surface area contributed by atoms with Crippen LogP contribution in [0.1, 0.15) is 278 Å². The van der Waals surface area contributed by atoms with Gasteiger partial charge >= 0.3 is 17.9 Å². The number of carbonyl (C=O) groups is 3. The number of carbonyl (C=O) groups excluding carboxylic acids is 3. The minimum atomic E-state index is -0.807. The minimum Gasteiger partial charge on any atom is -0.462 e. The molecule has 0 fully saturated rings. The Balaban J connectivity index is 4.47. The molecule has 0 amide bonds. The highest BCUT2D eigenvalue weighted by atomic mass is 16.6. The second-order valence-electron chi connectivity index (χ2n) is 20.5. The number of esters is 3. The molecule has 0 bridgehead atoms. The molecule has 0 saturated carbocycles. The summed E-state index contributed by atoms with van der Waals surface area (Å²) in [5.41, 5.74) is 0. The van der Waals surface area contributed by atoms with Crippen LogP contribution < -0.4 is 0 Å². The van der Waals surface area contributed by atoms with E-state index in [0.717, 1.165) is 148 Å². The van der Waals surface area contributed by atoms with E-state index in [1.807, 2.05) is 0 Å². The fourth-order valence-electron chi connectivity index (χ4n) is 8.43. The van der Waals surface area contributed by atoms with E-state index < -0.39 is 6.10 Å². The van der Waals surface area contributed by atoms with Gasteiger partial charge in [0.1, 0.15) is 13.2 Å². The summed E-state index contributed by atoms with van der Waals surface area (Å²) >= 11 is 0. The molecular formula is C71H116O6. The number of unbranched alkanes of at least 4 members (excludes halogenated alkanes) is 23. The van der Waals surface area contributed by atoms with E-state index in [2.05, 4.69) is 154 Å². The molecule has 0 aromatic carbocycles. The maximum atomic E-state index is 12.9. The highest BCUT2D eigenvalue weighted by Gasteiger charge is 2.19. The Hall–Kier alpha value is -4.45. The Morgan fingerprint density at radius 2 is 0.506 bits per heavy atom. The van der Waals surface area contributed by atoms with Gasteiger partial charge in [0.2, 0.25) is 0 Å². The third-order valence-corrected chi connectivity index (χ3v) is 13.1. The van der Waals surface area contributed by atoms with Crippen LogP contribution in [0.5, 0.6) is 0 Å². The van der Waals surface area contributed by atoms with Gasteiger partial charge in [0.25, 0.3) is 0 Å². The summed E-state index contributed by atoms with van der Waals surface area (Å²) in [7, 11) is 0. The summed E-state index contributed by atoms with van der Waals surface area (Å²) in [6.45, 7) is 6.38. The van der Waals surface area contributed by atoms with Crippen LogP contribution >= 0.6 is 0 Å². The monoisotopic (exact) mass is 1060 g/mol. The zero-order valence-electron chi connectivity index (χ0n) is 49.9. The Morgan fingerprint density at radius 1 is 0.273 bits per heavy atom. The number of allylic oxidation sites excluding steroid dienone is 22. The number of ether oxygens (including phenoxy) is 3. The first-order chi connectivity index (χ1) is 38.0. The largest absolute Gasteiger partial charge is 0.462 e. The molecule has 0 aromatic rings. The molecule has 0 saturated heterocycles. The standard InChI is InChI=1S/C71H116O6/c1-4-7-10-13-16-19-22-25-28-30-32-33-34-35-36-37-39-40-43-46-49-52-55-58-61-64-70(73)76-67-68(66-75-69(72)63-60-57-54-51-48-45-42-27-24-21-18-15-12-9-6-3)77-71(74)65-62-59-56-53-50-47-44-41-38-31-29-26-23-20-17-14-11-8-5-2/h7,9-10,12,16,18-19,21,25-29,32-33,35-36,39-40,42,46,49,68H,4-6,8,11,13-15,17,20,22-24,30-31,34,37-38,41,43-45,47-48,50-67H2,1-3H3/b10-7-,12-9-,19-16-,21-18-,28-25-,29-26-,33-32-,36-35-,40-39-,42-27-,49-46-. The molecule has 0 radical (unpaired) electrons. The molecule has 0 rings (SSSR count). The van der Waals surface area contributed by atoms with Gasteiger partial charge in [0, 0.05) is 19.3 Å². The molecule has 0 aliphatic rings. The molecule has 436 valence electrons. The van der Waals surface area contributed by atoms with Gasteiger partial charge in [-0.2, -0.15) is 0 Å². The quantitative estimate of drug-likeness (QED) is 0.0261.